The van der Waals surface area contributed by atoms with Gasteiger partial charge >= 0.3 is 0 Å². The van der Waals surface area contributed by atoms with Crippen LogP contribution in [0.4, 0.5) is 0 Å². The van der Waals surface area contributed by atoms with Gasteiger partial charge in [0.1, 0.15) is 4.90 Å². The molecule has 0 spiro atoms. The predicted octanol–water partition coefficient (Wildman–Crippen LogP) is 0.865. The van der Waals surface area contributed by atoms with Crippen LogP contribution < -0.4 is 0 Å². The van der Waals surface area contributed by atoms with Crippen molar-refractivity contribution in [2.45, 2.75) is 24.2 Å². The summed E-state index contributed by atoms with van der Waals surface area (Å²) in [6, 6.07) is 3.19. The molecule has 0 bridgehead atoms. The quantitative estimate of drug-likeness (QED) is 0.881. The Bertz CT molecular complexity index is 473. The van der Waals surface area contributed by atoms with E-state index < -0.39 is 10.0 Å². The summed E-state index contributed by atoms with van der Waals surface area (Å²) in [5, 5.41) is 8.95. The van der Waals surface area contributed by atoms with Crippen LogP contribution in [0, 0.1) is 5.92 Å². The highest BCUT2D eigenvalue weighted by molar-refractivity contribution is 7.89. The van der Waals surface area contributed by atoms with E-state index in [1.807, 2.05) is 0 Å². The van der Waals surface area contributed by atoms with E-state index >= 15 is 0 Å². The fraction of sp³-hybridized carbons (Fsp3) is 0.583. The molecule has 1 aliphatic heterocycles. The molecule has 0 aromatic carbocycles. The van der Waals surface area contributed by atoms with Crippen LogP contribution in [0.25, 0.3) is 0 Å². The van der Waals surface area contributed by atoms with Gasteiger partial charge in [0.25, 0.3) is 0 Å². The number of aliphatic hydroxyl groups excluding tert-OH is 1. The first-order valence-electron chi connectivity index (χ1n) is 6.15. The maximum atomic E-state index is 12.4. The van der Waals surface area contributed by atoms with E-state index in [2.05, 4.69) is 4.98 Å². The van der Waals surface area contributed by atoms with Gasteiger partial charge in [-0.1, -0.05) is 0 Å². The summed E-state index contributed by atoms with van der Waals surface area (Å²) < 4.78 is 26.2. The lowest BCUT2D eigenvalue weighted by Gasteiger charge is -2.31. The van der Waals surface area contributed by atoms with Gasteiger partial charge in [-0.15, -0.1) is 0 Å². The number of aliphatic hydroxyl groups is 1. The fourth-order valence-electron chi connectivity index (χ4n) is 2.31. The minimum atomic E-state index is -3.42. The molecule has 5 nitrogen and oxygen atoms in total. The van der Waals surface area contributed by atoms with Gasteiger partial charge < -0.3 is 5.11 Å². The lowest BCUT2D eigenvalue weighted by atomic mass is 9.97. The second-order valence-electron chi connectivity index (χ2n) is 4.57. The van der Waals surface area contributed by atoms with Crippen molar-refractivity contribution < 1.29 is 13.5 Å². The molecular formula is C12H18N2O3S. The molecule has 1 aliphatic rings. The van der Waals surface area contributed by atoms with Crippen LogP contribution >= 0.6 is 0 Å². The van der Waals surface area contributed by atoms with Crippen LogP contribution in [0.15, 0.2) is 29.4 Å². The van der Waals surface area contributed by atoms with Gasteiger partial charge in [0.2, 0.25) is 10.0 Å². The Labute approximate surface area is 108 Å². The number of aromatic nitrogens is 1. The van der Waals surface area contributed by atoms with Crippen LogP contribution in [0.5, 0.6) is 0 Å². The van der Waals surface area contributed by atoms with Crippen molar-refractivity contribution in [1.82, 2.24) is 9.29 Å². The monoisotopic (exact) mass is 270 g/mol. The lowest BCUT2D eigenvalue weighted by molar-refractivity contribution is 0.203. The Morgan fingerprint density at radius 3 is 3.00 bits per heavy atom. The largest absolute Gasteiger partial charge is 0.396 e. The van der Waals surface area contributed by atoms with E-state index in [9.17, 15) is 8.42 Å². The van der Waals surface area contributed by atoms with E-state index in [0.29, 0.717) is 19.5 Å². The second-order valence-corrected chi connectivity index (χ2v) is 6.51. The summed E-state index contributed by atoms with van der Waals surface area (Å²) in [4.78, 5) is 4.10. The van der Waals surface area contributed by atoms with Crippen LogP contribution in [-0.4, -0.2) is 42.5 Å². The molecule has 1 aromatic heterocycles. The third kappa shape index (κ3) is 2.88. The van der Waals surface area contributed by atoms with E-state index in [-0.39, 0.29) is 17.4 Å². The zero-order valence-electron chi connectivity index (χ0n) is 10.2. The first-order valence-corrected chi connectivity index (χ1v) is 7.59. The molecule has 1 aromatic rings. The smallest absolute Gasteiger partial charge is 0.244 e. The summed E-state index contributed by atoms with van der Waals surface area (Å²) >= 11 is 0. The van der Waals surface area contributed by atoms with Crippen molar-refractivity contribution >= 4 is 10.0 Å². The van der Waals surface area contributed by atoms with E-state index in [4.69, 9.17) is 5.11 Å². The average molecular weight is 270 g/mol. The summed E-state index contributed by atoms with van der Waals surface area (Å²) in [7, 11) is -3.42. The summed E-state index contributed by atoms with van der Waals surface area (Å²) in [6.45, 7) is 1.17. The Morgan fingerprint density at radius 1 is 1.50 bits per heavy atom. The first kappa shape index (κ1) is 13.5. The summed E-state index contributed by atoms with van der Waals surface area (Å²) in [5.41, 5.74) is 0. The lowest BCUT2D eigenvalue weighted by Crippen LogP contribution is -2.40. The van der Waals surface area contributed by atoms with Crippen molar-refractivity contribution in [3.63, 3.8) is 0 Å². The van der Waals surface area contributed by atoms with Gasteiger partial charge in [-0.3, -0.25) is 4.98 Å². The fourth-order valence-corrected chi connectivity index (χ4v) is 3.83. The van der Waals surface area contributed by atoms with E-state index in [1.54, 1.807) is 18.3 Å². The van der Waals surface area contributed by atoms with Gasteiger partial charge in [-0.25, -0.2) is 8.42 Å². The number of piperidine rings is 1. The van der Waals surface area contributed by atoms with Crippen molar-refractivity contribution in [3.05, 3.63) is 24.5 Å². The second kappa shape index (κ2) is 5.77. The third-order valence-electron chi connectivity index (χ3n) is 3.29. The molecule has 1 N–H and O–H groups in total. The van der Waals surface area contributed by atoms with E-state index in [1.165, 1.54) is 10.5 Å². The Balaban J connectivity index is 2.15. The highest BCUT2D eigenvalue weighted by Crippen LogP contribution is 2.24. The minimum Gasteiger partial charge on any atom is -0.396 e. The zero-order chi connectivity index (χ0) is 13.0. The molecule has 0 saturated carbocycles. The molecule has 1 atom stereocenters. The zero-order valence-corrected chi connectivity index (χ0v) is 11.0. The number of nitrogens with zero attached hydrogens (tertiary/aromatic N) is 2. The Morgan fingerprint density at radius 2 is 2.33 bits per heavy atom. The molecule has 1 fully saturated rings. The minimum absolute atomic E-state index is 0.117. The topological polar surface area (TPSA) is 70.5 Å². The number of rotatable bonds is 4. The molecule has 2 rings (SSSR count). The third-order valence-corrected chi connectivity index (χ3v) is 5.14. The maximum Gasteiger partial charge on any atom is 0.244 e. The van der Waals surface area contributed by atoms with Crippen molar-refractivity contribution in [3.8, 4) is 0 Å². The van der Waals surface area contributed by atoms with Crippen LogP contribution in [0.2, 0.25) is 0 Å². The van der Waals surface area contributed by atoms with Gasteiger partial charge in [-0.2, -0.15) is 4.31 Å². The van der Waals surface area contributed by atoms with Gasteiger partial charge in [0.05, 0.1) is 0 Å². The maximum absolute atomic E-state index is 12.4. The van der Waals surface area contributed by atoms with Crippen LogP contribution in [-0.2, 0) is 10.0 Å². The molecule has 0 amide bonds. The molecular weight excluding hydrogens is 252 g/mol. The highest BCUT2D eigenvalue weighted by atomic mass is 32.2. The normalized spacial score (nSPS) is 21.9. The number of hydrogen-bond acceptors (Lipinski definition) is 4. The molecule has 0 aliphatic carbocycles. The van der Waals surface area contributed by atoms with Gasteiger partial charge in [0.15, 0.2) is 0 Å². The molecule has 1 unspecified atom stereocenters. The standard InChI is InChI=1S/C12H18N2O3S/c15-8-5-11-3-2-7-14(10-11)18(16,17)12-4-1-6-13-9-12/h1,4,6,9,11,15H,2-3,5,7-8,10H2. The molecule has 18 heavy (non-hydrogen) atoms. The number of pyridine rings is 1. The Kier molecular flexibility index (Phi) is 4.31. The molecule has 6 heteroatoms. The van der Waals surface area contributed by atoms with E-state index in [0.717, 1.165) is 12.8 Å². The van der Waals surface area contributed by atoms with Crippen molar-refractivity contribution in [2.75, 3.05) is 19.7 Å². The summed E-state index contributed by atoms with van der Waals surface area (Å²) in [6.07, 6.45) is 5.44. The Hall–Kier alpha value is -0.980. The SMILES string of the molecule is O=S(=O)(c1cccnc1)N1CCCC(CCO)C1. The number of hydrogen-bond donors (Lipinski definition) is 1. The number of sulfonamides is 1. The van der Waals surface area contributed by atoms with Crippen molar-refractivity contribution in [1.29, 1.82) is 0 Å². The first-order chi connectivity index (χ1) is 8.64. The van der Waals surface area contributed by atoms with Crippen LogP contribution in [0.3, 0.4) is 0 Å². The molecule has 100 valence electrons. The summed E-state index contributed by atoms with van der Waals surface area (Å²) in [5.74, 6) is 0.259. The molecule has 2 heterocycles. The van der Waals surface area contributed by atoms with Crippen LogP contribution in [0.1, 0.15) is 19.3 Å². The van der Waals surface area contributed by atoms with Gasteiger partial charge in [0, 0.05) is 32.1 Å². The average Bonchev–Trinajstić information content (AvgIpc) is 2.40. The molecule has 0 radical (unpaired) electrons. The van der Waals surface area contributed by atoms with Gasteiger partial charge in [-0.05, 0) is 37.3 Å². The predicted molar refractivity (Wildman–Crippen MR) is 67.4 cm³/mol. The molecule has 1 saturated heterocycles. The van der Waals surface area contributed by atoms with Crippen molar-refractivity contribution in [2.24, 2.45) is 5.92 Å². The highest BCUT2D eigenvalue weighted by Gasteiger charge is 2.29.